The summed E-state index contributed by atoms with van der Waals surface area (Å²) in [7, 11) is 0. The smallest absolute Gasteiger partial charge is 0.430 e. The van der Waals surface area contributed by atoms with Crippen molar-refractivity contribution in [3.05, 3.63) is 59.4 Å². The van der Waals surface area contributed by atoms with Gasteiger partial charge in [-0.1, -0.05) is 12.1 Å². The number of carbonyl (C=O) groups is 3. The van der Waals surface area contributed by atoms with Gasteiger partial charge in [-0.2, -0.15) is 13.2 Å². The summed E-state index contributed by atoms with van der Waals surface area (Å²) in [6.07, 6.45) is -5.19. The SMILES string of the molecule is CCn1c(CN2C(=O)c3ccccc3C2=O)[n+](CCOCCOCCO)c2ccc(O)cc21.O=C([O-])C(F)(F)F. The molecule has 2 N–H and O–H groups in total. The summed E-state index contributed by atoms with van der Waals surface area (Å²) in [4.78, 5) is 36.0. The van der Waals surface area contributed by atoms with Crippen molar-refractivity contribution in [3.8, 4) is 5.75 Å². The highest BCUT2D eigenvalue weighted by Crippen LogP contribution is 2.26. The number of hydrogen-bond donors (Lipinski definition) is 2. The molecule has 0 unspecified atom stereocenters. The van der Waals surface area contributed by atoms with Gasteiger partial charge in [0, 0.05) is 6.07 Å². The van der Waals surface area contributed by atoms with E-state index in [1.165, 1.54) is 4.90 Å². The van der Waals surface area contributed by atoms with E-state index < -0.39 is 12.1 Å². The first-order chi connectivity index (χ1) is 19.0. The van der Waals surface area contributed by atoms with Crippen molar-refractivity contribution in [1.29, 1.82) is 0 Å². The molecule has 2 amide bonds. The van der Waals surface area contributed by atoms with Gasteiger partial charge in [0.25, 0.3) is 17.6 Å². The van der Waals surface area contributed by atoms with Gasteiger partial charge in [-0.05, 0) is 31.2 Å². The number of halogens is 3. The van der Waals surface area contributed by atoms with Crippen molar-refractivity contribution >= 4 is 28.8 Å². The van der Waals surface area contributed by atoms with Gasteiger partial charge < -0.3 is 29.6 Å². The Morgan fingerprint density at radius 1 is 1.00 bits per heavy atom. The molecule has 0 saturated carbocycles. The van der Waals surface area contributed by atoms with Crippen molar-refractivity contribution in [2.45, 2.75) is 32.7 Å². The summed E-state index contributed by atoms with van der Waals surface area (Å²) in [5, 5.41) is 27.6. The lowest BCUT2D eigenvalue weighted by Crippen LogP contribution is -2.44. The van der Waals surface area contributed by atoms with Crippen molar-refractivity contribution in [1.82, 2.24) is 9.47 Å². The van der Waals surface area contributed by atoms with Crippen LogP contribution < -0.4 is 9.67 Å². The standard InChI is InChI=1S/C24H27N3O6.C2HF3O2/c1-2-25-21-15-17(29)7-8-20(21)26(9-11-32-13-14-33-12-10-28)22(25)16-27-23(30)18-5-3-4-6-19(18)24(27)31;3-2(4,5)1(6)7/h3-8,15,28H,2,9-14,16H2,1H3;(H,6,7). The molecule has 4 rings (SSSR count). The lowest BCUT2D eigenvalue weighted by atomic mass is 10.1. The number of phenols is 1. The fourth-order valence-electron chi connectivity index (χ4n) is 4.22. The number of carboxylic acid groups (broad SMARTS) is 1. The van der Waals surface area contributed by atoms with E-state index in [1.807, 2.05) is 22.1 Å². The zero-order valence-corrected chi connectivity index (χ0v) is 21.5. The second kappa shape index (κ2) is 13.4. The Labute approximate surface area is 226 Å². The highest BCUT2D eigenvalue weighted by molar-refractivity contribution is 6.21. The van der Waals surface area contributed by atoms with Crippen LogP contribution in [0.25, 0.3) is 11.0 Å². The van der Waals surface area contributed by atoms with E-state index in [0.717, 1.165) is 16.9 Å². The van der Waals surface area contributed by atoms with Gasteiger partial charge in [0.15, 0.2) is 11.0 Å². The Balaban J connectivity index is 0.000000559. The molecule has 0 radical (unpaired) electrons. The number of carboxylic acids is 1. The molecule has 40 heavy (non-hydrogen) atoms. The average molecular weight is 568 g/mol. The maximum Gasteiger partial charge on any atom is 0.430 e. The summed E-state index contributed by atoms with van der Waals surface area (Å²) in [6, 6.07) is 12.0. The van der Waals surface area contributed by atoms with E-state index in [-0.39, 0.29) is 37.3 Å². The van der Waals surface area contributed by atoms with Gasteiger partial charge in [-0.3, -0.25) is 14.5 Å². The van der Waals surface area contributed by atoms with Crippen LogP contribution in [-0.4, -0.2) is 76.7 Å². The molecule has 1 aromatic heterocycles. The number of phenolic OH excluding ortho intramolecular Hbond substituents is 1. The number of aliphatic carboxylic acids is 1. The first-order valence-corrected chi connectivity index (χ1v) is 12.2. The minimum atomic E-state index is -5.19. The third-order valence-corrected chi connectivity index (χ3v) is 5.96. The summed E-state index contributed by atoms with van der Waals surface area (Å²) in [6.45, 7) is 4.60. The highest BCUT2D eigenvalue weighted by Gasteiger charge is 2.38. The molecule has 0 atom stereocenters. The van der Waals surface area contributed by atoms with Crippen LogP contribution in [0, 0.1) is 0 Å². The third kappa shape index (κ3) is 6.94. The molecule has 2 heterocycles. The number of nitrogens with zero attached hydrogens (tertiary/aromatic N) is 3. The zero-order valence-electron chi connectivity index (χ0n) is 21.5. The molecule has 2 aromatic carbocycles. The van der Waals surface area contributed by atoms with Crippen LogP contribution in [-0.2, 0) is 33.9 Å². The predicted octanol–water partition coefficient (Wildman–Crippen LogP) is 0.775. The molecule has 216 valence electrons. The number of benzene rings is 2. The van der Waals surface area contributed by atoms with Crippen molar-refractivity contribution in [3.63, 3.8) is 0 Å². The van der Waals surface area contributed by atoms with Crippen LogP contribution >= 0.6 is 0 Å². The minimum absolute atomic E-state index is 0.0274. The third-order valence-electron chi connectivity index (χ3n) is 5.96. The number of aromatic nitrogens is 2. The van der Waals surface area contributed by atoms with Gasteiger partial charge in [0.05, 0.1) is 50.7 Å². The maximum atomic E-state index is 13.0. The summed E-state index contributed by atoms with van der Waals surface area (Å²) in [5.74, 6) is -2.71. The monoisotopic (exact) mass is 567 g/mol. The summed E-state index contributed by atoms with van der Waals surface area (Å²) < 4.78 is 46.5. The number of hydrogen-bond acceptors (Lipinski definition) is 8. The first kappa shape index (κ1) is 30.5. The fourth-order valence-corrected chi connectivity index (χ4v) is 4.22. The van der Waals surface area contributed by atoms with E-state index in [0.29, 0.717) is 44.0 Å². The molecular weight excluding hydrogens is 539 g/mol. The summed E-state index contributed by atoms with van der Waals surface area (Å²) in [5.41, 5.74) is 2.52. The van der Waals surface area contributed by atoms with Gasteiger partial charge >= 0.3 is 6.18 Å². The summed E-state index contributed by atoms with van der Waals surface area (Å²) >= 11 is 0. The lowest BCUT2D eigenvalue weighted by Gasteiger charge is -2.13. The second-order valence-electron chi connectivity index (χ2n) is 8.46. The van der Waals surface area contributed by atoms with Gasteiger partial charge in [0.2, 0.25) is 0 Å². The first-order valence-electron chi connectivity index (χ1n) is 12.2. The van der Waals surface area contributed by atoms with E-state index in [2.05, 4.69) is 0 Å². The molecule has 11 nitrogen and oxygen atoms in total. The number of carbonyl (C=O) groups excluding carboxylic acids is 3. The lowest BCUT2D eigenvalue weighted by molar-refractivity contribution is -0.682. The van der Waals surface area contributed by atoms with E-state index >= 15 is 0 Å². The van der Waals surface area contributed by atoms with Crippen LogP contribution in [0.2, 0.25) is 0 Å². The molecule has 0 bridgehead atoms. The Hall–Kier alpha value is -4.01. The molecule has 0 aliphatic carbocycles. The number of alkyl halides is 3. The number of ether oxygens (including phenoxy) is 2. The van der Waals surface area contributed by atoms with Crippen LogP contribution in [0.3, 0.4) is 0 Å². The van der Waals surface area contributed by atoms with Crippen molar-refractivity contribution in [2.75, 3.05) is 33.0 Å². The van der Waals surface area contributed by atoms with E-state index in [4.69, 9.17) is 24.5 Å². The highest BCUT2D eigenvalue weighted by atomic mass is 19.4. The molecule has 0 fully saturated rings. The van der Waals surface area contributed by atoms with Crippen LogP contribution in [0.4, 0.5) is 13.2 Å². The number of imidazole rings is 1. The zero-order chi connectivity index (χ0) is 29.4. The number of fused-ring (bicyclic) bond motifs is 2. The van der Waals surface area contributed by atoms with Crippen molar-refractivity contribution < 1.29 is 56.9 Å². The Morgan fingerprint density at radius 3 is 2.10 bits per heavy atom. The maximum absolute atomic E-state index is 13.0. The van der Waals surface area contributed by atoms with Crippen LogP contribution in [0.15, 0.2) is 42.5 Å². The van der Waals surface area contributed by atoms with Gasteiger partial charge in [-0.15, -0.1) is 0 Å². The largest absolute Gasteiger partial charge is 0.542 e. The average Bonchev–Trinajstić information content (AvgIpc) is 3.33. The number of aryl methyl sites for hydroxylation is 1. The number of imide groups is 1. The van der Waals surface area contributed by atoms with Gasteiger partial charge in [-0.25, -0.2) is 9.13 Å². The molecule has 1 aliphatic heterocycles. The molecule has 14 heteroatoms. The molecule has 0 saturated heterocycles. The Kier molecular flexibility index (Phi) is 10.2. The predicted molar refractivity (Wildman–Crippen MR) is 130 cm³/mol. The number of aliphatic hydroxyl groups is 1. The molecule has 1 aliphatic rings. The van der Waals surface area contributed by atoms with Gasteiger partial charge in [0.1, 0.15) is 24.8 Å². The number of amides is 2. The molecule has 3 aromatic rings. The van der Waals surface area contributed by atoms with E-state index in [1.54, 1.807) is 36.4 Å². The van der Waals surface area contributed by atoms with Crippen LogP contribution in [0.1, 0.15) is 33.5 Å². The minimum Gasteiger partial charge on any atom is -0.542 e. The number of aromatic hydroxyl groups is 1. The Morgan fingerprint density at radius 2 is 1.57 bits per heavy atom. The fraction of sp³-hybridized carbons (Fsp3) is 0.385. The second-order valence-corrected chi connectivity index (χ2v) is 8.46. The quantitative estimate of drug-likeness (QED) is 0.196. The van der Waals surface area contributed by atoms with Crippen LogP contribution in [0.5, 0.6) is 5.75 Å². The number of rotatable bonds is 11. The van der Waals surface area contributed by atoms with Crippen molar-refractivity contribution in [2.24, 2.45) is 0 Å². The molecule has 0 spiro atoms. The Bertz CT molecular complexity index is 1340. The van der Waals surface area contributed by atoms with E-state index in [9.17, 15) is 27.9 Å². The number of aliphatic hydroxyl groups excluding tert-OH is 1. The topological polar surface area (TPSA) is 145 Å². The molecular formula is C26H28F3N3O8. The normalized spacial score (nSPS) is 13.0.